The molecule has 4 aliphatic rings. The summed E-state index contributed by atoms with van der Waals surface area (Å²) >= 11 is 6.29. The molecular weight excluding hydrogens is 601 g/mol. The molecule has 3 aromatic carbocycles. The molecule has 2 aliphatic heterocycles. The van der Waals surface area contributed by atoms with Gasteiger partial charge in [0.25, 0.3) is 11.8 Å². The highest BCUT2D eigenvalue weighted by molar-refractivity contribution is 6.30. The number of amides is 4. The van der Waals surface area contributed by atoms with Crippen LogP contribution in [0.3, 0.4) is 0 Å². The maximum Gasteiger partial charge on any atom is 0.260 e. The predicted octanol–water partition coefficient (Wildman–Crippen LogP) is 4.12. The fourth-order valence-electron chi connectivity index (χ4n) is 7.86. The number of fused-ring (bicyclic) bond motifs is 4. The maximum absolute atomic E-state index is 15.0. The Kier molecular flexibility index (Phi) is 7.21. The van der Waals surface area contributed by atoms with Gasteiger partial charge in [-0.1, -0.05) is 47.5 Å². The molecule has 2 heterocycles. The molecule has 1 saturated carbocycles. The van der Waals surface area contributed by atoms with Gasteiger partial charge in [0.2, 0.25) is 11.8 Å². The summed E-state index contributed by atoms with van der Waals surface area (Å²) in [6.07, 6.45) is 2.45. The van der Waals surface area contributed by atoms with Gasteiger partial charge >= 0.3 is 0 Å². The van der Waals surface area contributed by atoms with Gasteiger partial charge in [-0.3, -0.25) is 29.9 Å². The van der Waals surface area contributed by atoms with Crippen LogP contribution in [0.2, 0.25) is 5.02 Å². The van der Waals surface area contributed by atoms with Gasteiger partial charge < -0.3 is 9.84 Å². The highest BCUT2D eigenvalue weighted by Crippen LogP contribution is 2.63. The van der Waals surface area contributed by atoms with Gasteiger partial charge in [-0.05, 0) is 78.4 Å². The van der Waals surface area contributed by atoms with Crippen molar-refractivity contribution in [3.8, 4) is 5.75 Å². The first-order valence-corrected chi connectivity index (χ1v) is 15.2. The van der Waals surface area contributed by atoms with Crippen molar-refractivity contribution < 1.29 is 33.4 Å². The van der Waals surface area contributed by atoms with E-state index in [1.165, 1.54) is 24.3 Å². The Balaban J connectivity index is 1.43. The third-order valence-electron chi connectivity index (χ3n) is 9.67. The lowest BCUT2D eigenvalue weighted by molar-refractivity contribution is -0.138. The lowest BCUT2D eigenvalue weighted by Crippen LogP contribution is -2.53. The number of halogens is 2. The molecule has 6 atom stereocenters. The lowest BCUT2D eigenvalue weighted by Gasteiger charge is -2.50. The van der Waals surface area contributed by atoms with Crippen molar-refractivity contribution in [2.75, 3.05) is 18.6 Å². The number of hydrogen-bond acceptors (Lipinski definition) is 7. The highest BCUT2D eigenvalue weighted by Gasteiger charge is 2.70. The van der Waals surface area contributed by atoms with Crippen molar-refractivity contribution in [1.82, 2.24) is 10.3 Å². The number of aliphatic hydroxyl groups is 1. The number of rotatable bonds is 7. The Morgan fingerprint density at radius 1 is 0.956 bits per heavy atom. The number of carbonyl (C=O) groups excluding carboxylic acids is 4. The minimum atomic E-state index is -1.45. The van der Waals surface area contributed by atoms with Gasteiger partial charge in [-0.2, -0.15) is 5.01 Å². The van der Waals surface area contributed by atoms with Crippen molar-refractivity contribution in [2.24, 2.45) is 23.7 Å². The number of imide groups is 2. The zero-order valence-corrected chi connectivity index (χ0v) is 24.7. The van der Waals surface area contributed by atoms with Crippen LogP contribution >= 0.6 is 11.6 Å². The minimum Gasteiger partial charge on any atom is -0.491 e. The van der Waals surface area contributed by atoms with E-state index in [-0.39, 0.29) is 31.4 Å². The van der Waals surface area contributed by atoms with E-state index in [2.05, 4.69) is 10.7 Å². The molecule has 230 valence electrons. The van der Waals surface area contributed by atoms with Crippen molar-refractivity contribution in [2.45, 2.75) is 24.2 Å². The number of hydrogen-bond donors (Lipinski definition) is 3. The molecule has 0 bridgehead atoms. The summed E-state index contributed by atoms with van der Waals surface area (Å²) in [5.41, 5.74) is 3.94. The Morgan fingerprint density at radius 3 is 2.36 bits per heavy atom. The number of hydrazine groups is 1. The number of nitrogens with one attached hydrogen (secondary N) is 2. The number of ether oxygens (including phenoxy) is 1. The molecule has 0 radical (unpaired) electrons. The van der Waals surface area contributed by atoms with E-state index >= 15 is 0 Å². The molecule has 6 unspecified atom stereocenters. The summed E-state index contributed by atoms with van der Waals surface area (Å²) < 4.78 is 19.3. The van der Waals surface area contributed by atoms with E-state index in [0.717, 1.165) is 16.1 Å². The standard InChI is InChI=1S/C34H29ClFN3O6/c35-20-5-3-19(4-6-20)34-27(32(43)39(33(34)44)38-22-9-7-21(36)8-10-22)17-26-24(13-14-25-28(26)31(42)37-30(25)41)29(34)18-1-11-23(12-2-18)45-16-15-40/h1-13,25-29,38,40H,14-17H2,(H,37,41,42). The van der Waals surface area contributed by atoms with Gasteiger partial charge in [0, 0.05) is 10.9 Å². The second-order valence-electron chi connectivity index (χ2n) is 11.9. The van der Waals surface area contributed by atoms with Crippen LogP contribution in [0.4, 0.5) is 10.1 Å². The van der Waals surface area contributed by atoms with Crippen LogP contribution < -0.4 is 15.5 Å². The van der Waals surface area contributed by atoms with Gasteiger partial charge in [0.1, 0.15) is 18.2 Å². The average molecular weight is 630 g/mol. The van der Waals surface area contributed by atoms with Crippen LogP contribution in [-0.4, -0.2) is 47.0 Å². The molecule has 0 spiro atoms. The molecule has 9 nitrogen and oxygen atoms in total. The topological polar surface area (TPSA) is 125 Å². The fraction of sp³-hybridized carbons (Fsp3) is 0.294. The molecule has 11 heteroatoms. The zero-order chi connectivity index (χ0) is 31.5. The predicted molar refractivity (Wildman–Crippen MR) is 161 cm³/mol. The molecule has 2 aliphatic carbocycles. The average Bonchev–Trinajstić information content (AvgIpc) is 3.45. The molecule has 3 aromatic rings. The van der Waals surface area contributed by atoms with Crippen molar-refractivity contribution >= 4 is 40.9 Å². The van der Waals surface area contributed by atoms with Gasteiger partial charge in [-0.25, -0.2) is 4.39 Å². The third kappa shape index (κ3) is 4.54. The van der Waals surface area contributed by atoms with Crippen LogP contribution in [-0.2, 0) is 24.6 Å². The Morgan fingerprint density at radius 2 is 1.67 bits per heavy atom. The summed E-state index contributed by atoms with van der Waals surface area (Å²) in [5, 5.41) is 13.2. The van der Waals surface area contributed by atoms with E-state index in [1.54, 1.807) is 36.4 Å². The van der Waals surface area contributed by atoms with E-state index in [0.29, 0.717) is 28.4 Å². The molecule has 4 amide bonds. The number of nitrogens with zero attached hydrogens (tertiary/aromatic N) is 1. The number of carbonyl (C=O) groups is 4. The Hall–Kier alpha value is -4.54. The van der Waals surface area contributed by atoms with Crippen LogP contribution in [0.15, 0.2) is 84.4 Å². The highest BCUT2D eigenvalue weighted by atomic mass is 35.5. The van der Waals surface area contributed by atoms with Crippen molar-refractivity contribution in [3.05, 3.63) is 106 Å². The van der Waals surface area contributed by atoms with Crippen LogP contribution in [0, 0.1) is 29.5 Å². The maximum atomic E-state index is 15.0. The smallest absolute Gasteiger partial charge is 0.260 e. The van der Waals surface area contributed by atoms with E-state index in [1.807, 2.05) is 18.2 Å². The Bertz CT molecular complexity index is 1730. The molecule has 3 fully saturated rings. The quantitative estimate of drug-likeness (QED) is 0.265. The lowest BCUT2D eigenvalue weighted by atomic mass is 9.49. The summed E-state index contributed by atoms with van der Waals surface area (Å²) in [5.74, 6) is -4.94. The first-order chi connectivity index (χ1) is 21.7. The second kappa shape index (κ2) is 11.1. The van der Waals surface area contributed by atoms with E-state index < -0.39 is 52.6 Å². The summed E-state index contributed by atoms with van der Waals surface area (Å²) in [7, 11) is 0. The molecular formula is C34H29ClFN3O6. The molecule has 0 aromatic heterocycles. The molecule has 3 N–H and O–H groups in total. The number of benzene rings is 3. The summed E-state index contributed by atoms with van der Waals surface area (Å²) in [4.78, 5) is 55.3. The van der Waals surface area contributed by atoms with E-state index in [4.69, 9.17) is 16.3 Å². The van der Waals surface area contributed by atoms with Gasteiger partial charge in [0.05, 0.1) is 35.5 Å². The number of anilines is 1. The summed E-state index contributed by atoms with van der Waals surface area (Å²) in [6.45, 7) is -0.0485. The van der Waals surface area contributed by atoms with Crippen molar-refractivity contribution in [1.29, 1.82) is 0 Å². The van der Waals surface area contributed by atoms with E-state index in [9.17, 15) is 28.7 Å². The first-order valence-electron chi connectivity index (χ1n) is 14.8. The van der Waals surface area contributed by atoms with Crippen LogP contribution in [0.1, 0.15) is 29.9 Å². The molecule has 7 rings (SSSR count). The SMILES string of the molecule is O=C1NC(=O)C2C1CC=C1C2CC2C(=O)N(Nc3ccc(F)cc3)C(=O)C2(c2ccc(Cl)cc2)C1c1ccc(OCCO)cc1. The normalized spacial score (nSPS) is 28.6. The van der Waals surface area contributed by atoms with Gasteiger partial charge in [-0.15, -0.1) is 0 Å². The first kappa shape index (κ1) is 29.2. The Labute approximate surface area is 263 Å². The zero-order valence-electron chi connectivity index (χ0n) is 23.9. The largest absolute Gasteiger partial charge is 0.491 e. The second-order valence-corrected chi connectivity index (χ2v) is 12.3. The molecule has 45 heavy (non-hydrogen) atoms. The minimum absolute atomic E-state index is 0.107. The fourth-order valence-corrected chi connectivity index (χ4v) is 7.99. The van der Waals surface area contributed by atoms with Crippen molar-refractivity contribution in [3.63, 3.8) is 0 Å². The van der Waals surface area contributed by atoms with Gasteiger partial charge in [0.15, 0.2) is 0 Å². The van der Waals surface area contributed by atoms with Crippen LogP contribution in [0.25, 0.3) is 0 Å². The number of aliphatic hydroxyl groups excluding tert-OH is 1. The van der Waals surface area contributed by atoms with Crippen LogP contribution in [0.5, 0.6) is 5.75 Å². The third-order valence-corrected chi connectivity index (χ3v) is 9.92. The number of allylic oxidation sites excluding steroid dienone is 2. The molecule has 2 saturated heterocycles. The monoisotopic (exact) mass is 629 g/mol. The summed E-state index contributed by atoms with van der Waals surface area (Å²) in [6, 6.07) is 19.4.